The second kappa shape index (κ2) is 7.81. The summed E-state index contributed by atoms with van der Waals surface area (Å²) in [5.74, 6) is -0.546. The number of halogens is 4. The molecular formula is C20H25ClF3N5O2. The molecule has 3 heterocycles. The van der Waals surface area contributed by atoms with Crippen LogP contribution in [0.3, 0.4) is 0 Å². The van der Waals surface area contributed by atoms with Crippen LogP contribution in [0.2, 0.25) is 5.02 Å². The van der Waals surface area contributed by atoms with Gasteiger partial charge in [0.05, 0.1) is 41.7 Å². The molecular weight excluding hydrogens is 435 g/mol. The van der Waals surface area contributed by atoms with Gasteiger partial charge in [0.2, 0.25) is 11.5 Å². The Morgan fingerprint density at radius 2 is 1.90 bits per heavy atom. The normalized spacial score (nSPS) is 26.4. The average Bonchev–Trinajstić information content (AvgIpc) is 3.33. The number of amides is 1. The topological polar surface area (TPSA) is 76.2 Å². The summed E-state index contributed by atoms with van der Waals surface area (Å²) in [6.07, 6.45) is 2.93. The van der Waals surface area contributed by atoms with Gasteiger partial charge in [-0.3, -0.25) is 9.48 Å². The van der Waals surface area contributed by atoms with E-state index in [1.54, 1.807) is 24.2 Å². The summed E-state index contributed by atoms with van der Waals surface area (Å²) in [5.41, 5.74) is -2.56. The van der Waals surface area contributed by atoms with Crippen LogP contribution < -0.4 is 0 Å². The van der Waals surface area contributed by atoms with Gasteiger partial charge in [0.1, 0.15) is 0 Å². The van der Waals surface area contributed by atoms with Crippen LogP contribution >= 0.6 is 11.6 Å². The summed E-state index contributed by atoms with van der Waals surface area (Å²) in [6, 6.07) is -0.216. The lowest BCUT2D eigenvalue weighted by Crippen LogP contribution is -2.47. The quantitative estimate of drug-likeness (QED) is 0.756. The third kappa shape index (κ3) is 3.95. The third-order valence-electron chi connectivity index (χ3n) is 6.44. The summed E-state index contributed by atoms with van der Waals surface area (Å²) in [4.78, 5) is 18.7. The number of carbonyl (C=O) groups excluding carboxylic acids is 1. The minimum atomic E-state index is -4.85. The van der Waals surface area contributed by atoms with Crippen molar-refractivity contribution in [3.63, 3.8) is 0 Å². The van der Waals surface area contributed by atoms with E-state index in [0.717, 1.165) is 25.7 Å². The van der Waals surface area contributed by atoms with Crippen LogP contribution in [-0.4, -0.2) is 48.0 Å². The zero-order valence-electron chi connectivity index (χ0n) is 17.3. The molecule has 170 valence electrons. The second-order valence-corrected chi connectivity index (χ2v) is 9.16. The monoisotopic (exact) mass is 459 g/mol. The molecule has 1 aliphatic heterocycles. The predicted octanol–water partition coefficient (Wildman–Crippen LogP) is 3.84. The molecule has 1 N–H and O–H groups in total. The highest BCUT2D eigenvalue weighted by atomic mass is 35.5. The van der Waals surface area contributed by atoms with Crippen molar-refractivity contribution in [1.82, 2.24) is 24.2 Å². The number of rotatable bonds is 3. The van der Waals surface area contributed by atoms with Crippen LogP contribution in [0.15, 0.2) is 18.6 Å². The molecule has 1 aliphatic carbocycles. The highest BCUT2D eigenvalue weighted by Gasteiger charge is 2.55. The van der Waals surface area contributed by atoms with Gasteiger partial charge < -0.3 is 14.6 Å². The van der Waals surface area contributed by atoms with Gasteiger partial charge in [0.15, 0.2) is 5.82 Å². The number of imidazole rings is 1. The molecule has 0 aromatic carbocycles. The Bertz CT molecular complexity index is 962. The van der Waals surface area contributed by atoms with Crippen LogP contribution in [0.1, 0.15) is 63.1 Å². The minimum Gasteiger partial charge on any atom is -0.374 e. The molecule has 4 rings (SSSR count). The summed E-state index contributed by atoms with van der Waals surface area (Å²) >= 11 is 5.94. The predicted molar refractivity (Wildman–Crippen MR) is 106 cm³/mol. The lowest BCUT2D eigenvalue weighted by molar-refractivity contribution is -0.263. The number of alkyl halides is 3. The first-order valence-corrected chi connectivity index (χ1v) is 10.7. The molecule has 2 aromatic rings. The summed E-state index contributed by atoms with van der Waals surface area (Å²) in [6.45, 7) is 2.90. The number of nitrogens with zero attached hydrogens (tertiary/aromatic N) is 5. The van der Waals surface area contributed by atoms with Gasteiger partial charge in [-0.1, -0.05) is 11.6 Å². The van der Waals surface area contributed by atoms with E-state index in [-0.39, 0.29) is 31.0 Å². The maximum atomic E-state index is 13.3. The van der Waals surface area contributed by atoms with E-state index in [1.807, 2.05) is 4.68 Å². The van der Waals surface area contributed by atoms with Crippen LogP contribution in [-0.2, 0) is 16.9 Å². The van der Waals surface area contributed by atoms with Crippen molar-refractivity contribution >= 4 is 17.5 Å². The van der Waals surface area contributed by atoms with Crippen molar-refractivity contribution in [1.29, 1.82) is 0 Å². The minimum absolute atomic E-state index is 0.0142. The number of aliphatic hydroxyl groups is 1. The lowest BCUT2D eigenvalue weighted by atomic mass is 9.85. The van der Waals surface area contributed by atoms with Crippen molar-refractivity contribution in [2.45, 2.75) is 69.9 Å². The number of carbonyl (C=O) groups is 1. The Balaban J connectivity index is 1.45. The standard InChI is InChI=1S/C20H25ClF3N5O2/c1-12-9-27(11-16-8-25-18(29(12)16)19(2,31)20(22,23)24)17(30)13-3-5-15(6-4-13)28-10-14(21)7-26-28/h7-8,10,12-13,15,31H,3-6,9,11H2,1-2H3/t12-,13?,15?,19?/m0/s1. The van der Waals surface area contributed by atoms with E-state index in [1.165, 1.54) is 10.8 Å². The Kier molecular flexibility index (Phi) is 5.58. The summed E-state index contributed by atoms with van der Waals surface area (Å²) in [5, 5.41) is 14.9. The number of fused-ring (bicyclic) bond motifs is 1. The lowest BCUT2D eigenvalue weighted by Gasteiger charge is -2.38. The summed E-state index contributed by atoms with van der Waals surface area (Å²) in [7, 11) is 0. The van der Waals surface area contributed by atoms with Crippen molar-refractivity contribution in [3.8, 4) is 0 Å². The highest BCUT2D eigenvalue weighted by molar-refractivity contribution is 6.30. The first-order chi connectivity index (χ1) is 14.5. The van der Waals surface area contributed by atoms with E-state index in [2.05, 4.69) is 10.1 Å². The zero-order chi connectivity index (χ0) is 22.6. The van der Waals surface area contributed by atoms with E-state index < -0.39 is 23.6 Å². The molecule has 1 fully saturated rings. The van der Waals surface area contributed by atoms with E-state index >= 15 is 0 Å². The first-order valence-electron chi connectivity index (χ1n) is 10.3. The fourth-order valence-corrected chi connectivity index (χ4v) is 4.82. The molecule has 1 unspecified atom stereocenters. The van der Waals surface area contributed by atoms with Crippen LogP contribution in [0, 0.1) is 5.92 Å². The Morgan fingerprint density at radius 3 is 2.48 bits per heavy atom. The van der Waals surface area contributed by atoms with Crippen LogP contribution in [0.25, 0.3) is 0 Å². The van der Waals surface area contributed by atoms with Crippen molar-refractivity contribution in [2.75, 3.05) is 6.54 Å². The van der Waals surface area contributed by atoms with Gasteiger partial charge in [-0.15, -0.1) is 0 Å². The first kappa shape index (κ1) is 22.1. The molecule has 1 amide bonds. The maximum Gasteiger partial charge on any atom is 0.424 e. The Hall–Kier alpha value is -2.07. The van der Waals surface area contributed by atoms with Gasteiger partial charge in [-0.25, -0.2) is 4.98 Å². The molecule has 0 radical (unpaired) electrons. The SMILES string of the molecule is C[C@H]1CN(C(=O)C2CCC(n3cc(Cl)cn3)CC2)Cc2cnc(C(C)(O)C(F)(F)F)n21. The smallest absolute Gasteiger partial charge is 0.374 e. The van der Waals surface area contributed by atoms with E-state index in [0.29, 0.717) is 17.6 Å². The molecule has 0 spiro atoms. The molecule has 2 atom stereocenters. The molecule has 0 saturated heterocycles. The number of aromatic nitrogens is 4. The maximum absolute atomic E-state index is 13.3. The second-order valence-electron chi connectivity index (χ2n) is 8.72. The number of hydrogen-bond acceptors (Lipinski definition) is 4. The van der Waals surface area contributed by atoms with Crippen LogP contribution in [0.5, 0.6) is 0 Å². The molecule has 2 aliphatic rings. The van der Waals surface area contributed by atoms with E-state index in [9.17, 15) is 23.1 Å². The van der Waals surface area contributed by atoms with Gasteiger partial charge in [0.25, 0.3) is 0 Å². The molecule has 2 aromatic heterocycles. The Morgan fingerprint density at radius 1 is 1.23 bits per heavy atom. The van der Waals surface area contributed by atoms with E-state index in [4.69, 9.17) is 11.6 Å². The fraction of sp³-hybridized carbons (Fsp3) is 0.650. The molecule has 31 heavy (non-hydrogen) atoms. The largest absolute Gasteiger partial charge is 0.424 e. The van der Waals surface area contributed by atoms with Gasteiger partial charge in [-0.2, -0.15) is 18.3 Å². The average molecular weight is 460 g/mol. The highest BCUT2D eigenvalue weighted by Crippen LogP contribution is 2.40. The van der Waals surface area contributed by atoms with Crippen molar-refractivity contribution < 1.29 is 23.1 Å². The van der Waals surface area contributed by atoms with Crippen LogP contribution in [0.4, 0.5) is 13.2 Å². The number of hydrogen-bond donors (Lipinski definition) is 1. The third-order valence-corrected chi connectivity index (χ3v) is 6.64. The Labute approximate surface area is 182 Å². The van der Waals surface area contributed by atoms with Gasteiger partial charge in [0, 0.05) is 18.7 Å². The fourth-order valence-electron chi connectivity index (χ4n) is 4.68. The van der Waals surface area contributed by atoms with Crippen molar-refractivity contribution in [2.24, 2.45) is 5.92 Å². The van der Waals surface area contributed by atoms with Gasteiger partial charge >= 0.3 is 6.18 Å². The molecule has 1 saturated carbocycles. The van der Waals surface area contributed by atoms with Gasteiger partial charge in [-0.05, 0) is 39.5 Å². The molecule has 7 nitrogen and oxygen atoms in total. The van der Waals surface area contributed by atoms with Crippen molar-refractivity contribution in [3.05, 3.63) is 35.1 Å². The molecule has 0 bridgehead atoms. The molecule has 11 heteroatoms. The summed E-state index contributed by atoms with van der Waals surface area (Å²) < 4.78 is 43.2. The zero-order valence-corrected chi connectivity index (χ0v) is 18.1.